The molecule has 0 unspecified atom stereocenters. The van der Waals surface area contributed by atoms with Crippen molar-refractivity contribution in [1.29, 1.82) is 0 Å². The molecule has 2 heteroatoms. The van der Waals surface area contributed by atoms with E-state index in [2.05, 4.69) is 35.6 Å². The van der Waals surface area contributed by atoms with Crippen LogP contribution < -0.4 is 5.32 Å². The number of hydrogen-bond donors (Lipinski definition) is 1. The van der Waals surface area contributed by atoms with Crippen LogP contribution in [-0.4, -0.2) is 12.5 Å². The lowest BCUT2D eigenvalue weighted by atomic mass is 9.76. The van der Waals surface area contributed by atoms with Gasteiger partial charge in [-0.3, -0.25) is 4.79 Å². The summed E-state index contributed by atoms with van der Waals surface area (Å²) in [5.74, 6) is 0.829. The molecule has 154 valence electrons. The molecule has 1 N–H and O–H groups in total. The number of nitrogens with one attached hydrogen (secondary N) is 1. The first-order valence-electron chi connectivity index (χ1n) is 11.3. The summed E-state index contributed by atoms with van der Waals surface area (Å²) in [6.07, 6.45) is 6.47. The Balaban J connectivity index is 1.55. The predicted molar refractivity (Wildman–Crippen MR) is 123 cm³/mol. The van der Waals surface area contributed by atoms with Gasteiger partial charge >= 0.3 is 0 Å². The Morgan fingerprint density at radius 2 is 1.17 bits per heavy atom. The zero-order chi connectivity index (χ0) is 20.6. The first-order valence-corrected chi connectivity index (χ1v) is 11.3. The largest absolute Gasteiger partial charge is 0.355 e. The number of benzene rings is 3. The fourth-order valence-electron chi connectivity index (χ4n) is 4.89. The van der Waals surface area contributed by atoms with E-state index in [4.69, 9.17) is 0 Å². The van der Waals surface area contributed by atoms with Crippen molar-refractivity contribution in [2.24, 2.45) is 5.92 Å². The Hall–Kier alpha value is -2.87. The highest BCUT2D eigenvalue weighted by Crippen LogP contribution is 2.36. The molecule has 1 aliphatic carbocycles. The summed E-state index contributed by atoms with van der Waals surface area (Å²) in [4.78, 5) is 13.5. The van der Waals surface area contributed by atoms with Crippen molar-refractivity contribution in [2.75, 3.05) is 6.54 Å². The molecule has 2 nitrogen and oxygen atoms in total. The minimum Gasteiger partial charge on any atom is -0.355 e. The highest BCUT2D eigenvalue weighted by atomic mass is 16.1. The van der Waals surface area contributed by atoms with Gasteiger partial charge in [0, 0.05) is 12.5 Å². The van der Waals surface area contributed by atoms with Gasteiger partial charge in [-0.25, -0.2) is 0 Å². The van der Waals surface area contributed by atoms with Crippen molar-refractivity contribution in [3.8, 4) is 0 Å². The third-order valence-electron chi connectivity index (χ3n) is 6.47. The van der Waals surface area contributed by atoms with Gasteiger partial charge in [0.25, 0.3) is 0 Å². The predicted octanol–water partition coefficient (Wildman–Crippen LogP) is 6.30. The summed E-state index contributed by atoms with van der Waals surface area (Å²) in [5.41, 5.74) is 3.42. The third kappa shape index (κ3) is 4.99. The van der Waals surface area contributed by atoms with Gasteiger partial charge in [-0.15, -0.1) is 0 Å². The number of rotatable bonds is 7. The second-order valence-electron chi connectivity index (χ2n) is 8.41. The molecule has 1 fully saturated rings. The lowest BCUT2D eigenvalue weighted by Gasteiger charge is -2.31. The molecule has 1 atom stereocenters. The molecule has 1 amide bonds. The van der Waals surface area contributed by atoms with Crippen LogP contribution in [0, 0.1) is 5.92 Å². The van der Waals surface area contributed by atoms with Crippen molar-refractivity contribution in [2.45, 2.75) is 43.9 Å². The molecule has 4 rings (SSSR count). The summed E-state index contributed by atoms with van der Waals surface area (Å²) in [6, 6.07) is 31.0. The van der Waals surface area contributed by atoms with Gasteiger partial charge in [0.15, 0.2) is 0 Å². The van der Waals surface area contributed by atoms with Gasteiger partial charge in [-0.1, -0.05) is 110 Å². The van der Waals surface area contributed by atoms with Gasteiger partial charge in [-0.2, -0.15) is 0 Å². The average Bonchev–Trinajstić information content (AvgIpc) is 2.82. The van der Waals surface area contributed by atoms with E-state index in [1.54, 1.807) is 0 Å². The maximum Gasteiger partial charge on any atom is 0.232 e. The SMILES string of the molecule is O=C(NC[C@H](c1ccccc1)C1CCCCC1)C(c1ccccc1)c1ccccc1. The van der Waals surface area contributed by atoms with Crippen molar-refractivity contribution in [3.63, 3.8) is 0 Å². The summed E-state index contributed by atoms with van der Waals surface area (Å²) in [5, 5.41) is 3.34. The Kier molecular flexibility index (Phi) is 6.97. The van der Waals surface area contributed by atoms with E-state index in [-0.39, 0.29) is 11.8 Å². The van der Waals surface area contributed by atoms with E-state index < -0.39 is 0 Å². The average molecular weight is 398 g/mol. The van der Waals surface area contributed by atoms with E-state index >= 15 is 0 Å². The lowest BCUT2D eigenvalue weighted by molar-refractivity contribution is -0.121. The Labute approximate surface area is 180 Å². The minimum atomic E-state index is -0.282. The van der Waals surface area contributed by atoms with E-state index in [9.17, 15) is 4.79 Å². The number of carbonyl (C=O) groups is 1. The standard InChI is InChI=1S/C28H31NO/c30-28(27(24-17-9-3-10-18-24)25-19-11-4-12-20-25)29-21-26(22-13-5-1-6-14-22)23-15-7-2-8-16-23/h1,3-6,9-14,17-20,23,26-27H,2,7-8,15-16,21H2,(H,29,30)/t26-/m1/s1. The molecule has 30 heavy (non-hydrogen) atoms. The Morgan fingerprint density at radius 3 is 1.67 bits per heavy atom. The van der Waals surface area contributed by atoms with E-state index in [0.717, 1.165) is 11.1 Å². The fraction of sp³-hybridized carbons (Fsp3) is 0.321. The maximum absolute atomic E-state index is 13.5. The van der Waals surface area contributed by atoms with Crippen LogP contribution in [0.5, 0.6) is 0 Å². The van der Waals surface area contributed by atoms with Gasteiger partial charge in [0.05, 0.1) is 5.92 Å². The van der Waals surface area contributed by atoms with Gasteiger partial charge in [0.2, 0.25) is 5.91 Å². The van der Waals surface area contributed by atoms with E-state index in [1.807, 2.05) is 60.7 Å². The topological polar surface area (TPSA) is 29.1 Å². The summed E-state index contributed by atoms with van der Waals surface area (Å²) in [6.45, 7) is 0.698. The second kappa shape index (κ2) is 10.2. The molecule has 0 spiro atoms. The Morgan fingerprint density at radius 1 is 0.700 bits per heavy atom. The lowest BCUT2D eigenvalue weighted by Crippen LogP contribution is -2.35. The van der Waals surface area contributed by atoms with Crippen LogP contribution in [0.25, 0.3) is 0 Å². The van der Waals surface area contributed by atoms with E-state index in [1.165, 1.54) is 37.7 Å². The highest BCUT2D eigenvalue weighted by Gasteiger charge is 2.28. The molecule has 0 aliphatic heterocycles. The molecule has 0 radical (unpaired) electrons. The Bertz CT molecular complexity index is 862. The minimum absolute atomic E-state index is 0.0872. The van der Waals surface area contributed by atoms with Gasteiger partial charge in [-0.05, 0) is 35.4 Å². The molecule has 0 aromatic heterocycles. The van der Waals surface area contributed by atoms with Gasteiger partial charge in [0.1, 0.15) is 0 Å². The van der Waals surface area contributed by atoms with Crippen molar-refractivity contribution in [3.05, 3.63) is 108 Å². The quantitative estimate of drug-likeness (QED) is 0.498. The molecule has 1 saturated carbocycles. The zero-order valence-electron chi connectivity index (χ0n) is 17.5. The molecule has 0 saturated heterocycles. The van der Waals surface area contributed by atoms with Crippen molar-refractivity contribution >= 4 is 5.91 Å². The first kappa shape index (κ1) is 20.4. The van der Waals surface area contributed by atoms with Crippen LogP contribution in [0.3, 0.4) is 0 Å². The van der Waals surface area contributed by atoms with E-state index in [0.29, 0.717) is 18.4 Å². The normalized spacial score (nSPS) is 15.6. The fourth-order valence-corrected chi connectivity index (χ4v) is 4.89. The van der Waals surface area contributed by atoms with Crippen LogP contribution in [0.2, 0.25) is 0 Å². The number of carbonyl (C=O) groups excluding carboxylic acids is 1. The molecule has 3 aromatic carbocycles. The monoisotopic (exact) mass is 397 g/mol. The van der Waals surface area contributed by atoms with Crippen molar-refractivity contribution < 1.29 is 4.79 Å². The number of amides is 1. The highest BCUT2D eigenvalue weighted by molar-refractivity contribution is 5.87. The van der Waals surface area contributed by atoms with Crippen LogP contribution in [0.15, 0.2) is 91.0 Å². The van der Waals surface area contributed by atoms with Gasteiger partial charge < -0.3 is 5.32 Å². The van der Waals surface area contributed by atoms with Crippen LogP contribution >= 0.6 is 0 Å². The molecule has 0 heterocycles. The van der Waals surface area contributed by atoms with Crippen LogP contribution in [0.1, 0.15) is 60.6 Å². The third-order valence-corrected chi connectivity index (χ3v) is 6.47. The summed E-state index contributed by atoms with van der Waals surface area (Å²) in [7, 11) is 0. The smallest absolute Gasteiger partial charge is 0.232 e. The summed E-state index contributed by atoms with van der Waals surface area (Å²) < 4.78 is 0. The summed E-state index contributed by atoms with van der Waals surface area (Å²) >= 11 is 0. The zero-order valence-corrected chi connectivity index (χ0v) is 17.5. The molecular weight excluding hydrogens is 366 g/mol. The molecular formula is C28H31NO. The van der Waals surface area contributed by atoms with Crippen LogP contribution in [-0.2, 0) is 4.79 Å². The maximum atomic E-state index is 13.5. The van der Waals surface area contributed by atoms with Crippen LogP contribution in [0.4, 0.5) is 0 Å². The van der Waals surface area contributed by atoms with Crippen molar-refractivity contribution in [1.82, 2.24) is 5.32 Å². The number of hydrogen-bond acceptors (Lipinski definition) is 1. The molecule has 1 aliphatic rings. The molecule has 3 aromatic rings. The molecule has 0 bridgehead atoms. The first-order chi connectivity index (χ1) is 14.8. The second-order valence-corrected chi connectivity index (χ2v) is 8.41.